The molecular formula is C35H42N2O5. The van der Waals surface area contributed by atoms with Crippen LogP contribution in [0, 0.1) is 11.8 Å². The molecular weight excluding hydrogens is 528 g/mol. The number of nitrogens with zero attached hydrogens (tertiary/aromatic N) is 2. The lowest BCUT2D eigenvalue weighted by Gasteiger charge is -2.32. The Morgan fingerprint density at radius 2 is 1.88 bits per heavy atom. The minimum atomic E-state index is -0.730. The predicted molar refractivity (Wildman–Crippen MR) is 162 cm³/mol. The van der Waals surface area contributed by atoms with Gasteiger partial charge in [0.25, 0.3) is 0 Å². The topological polar surface area (TPSA) is 81.1 Å². The maximum absolute atomic E-state index is 11.9. The minimum Gasteiger partial charge on any atom is -0.485 e. The summed E-state index contributed by atoms with van der Waals surface area (Å²) in [7, 11) is 3.42. The van der Waals surface area contributed by atoms with Crippen molar-refractivity contribution in [3.05, 3.63) is 77.0 Å². The van der Waals surface area contributed by atoms with Crippen molar-refractivity contribution in [2.24, 2.45) is 11.8 Å². The Bertz CT molecular complexity index is 1410. The molecule has 1 N–H and O–H groups in total. The summed E-state index contributed by atoms with van der Waals surface area (Å²) in [4.78, 5) is 18.8. The Labute approximate surface area is 248 Å². The van der Waals surface area contributed by atoms with Gasteiger partial charge in [0.15, 0.2) is 0 Å². The van der Waals surface area contributed by atoms with E-state index in [1.165, 1.54) is 24.0 Å². The summed E-state index contributed by atoms with van der Waals surface area (Å²) < 4.78 is 18.0. The zero-order valence-electron chi connectivity index (χ0n) is 24.9. The van der Waals surface area contributed by atoms with Crippen LogP contribution in [0.2, 0.25) is 0 Å². The standard InChI is InChI=1S/C35H42N2O5/c1-22(35(38)39)34(24-7-8-24)27-9-6-23-11-13-31(42-32(23)19-27)26-10-12-28(25-14-15-36-33(20-25)41-3)29(18-26)30(21-40-2)37-16-4-5-17-37/h6,9-10,12,14-15,18-20,22,24,30-31,34H,4-5,7-8,11,13,16-17,21H2,1-3H3,(H,38,39)/t22-,30?,31+,34-/m0/s1. The fraction of sp³-hybridized carbons (Fsp3) is 0.486. The second-order valence-electron chi connectivity index (χ2n) is 12.2. The number of carboxylic acid groups (broad SMARTS) is 1. The fourth-order valence-electron chi connectivity index (χ4n) is 7.02. The molecule has 1 saturated heterocycles. The molecule has 1 aliphatic carbocycles. The van der Waals surface area contributed by atoms with Gasteiger partial charge in [-0.25, -0.2) is 4.98 Å². The second-order valence-corrected chi connectivity index (χ2v) is 12.2. The van der Waals surface area contributed by atoms with Gasteiger partial charge in [-0.3, -0.25) is 9.69 Å². The average Bonchev–Trinajstić information content (AvgIpc) is 3.70. The zero-order chi connectivity index (χ0) is 29.2. The first kappa shape index (κ1) is 28.7. The minimum absolute atomic E-state index is 0.0234. The number of carbonyl (C=O) groups is 1. The van der Waals surface area contributed by atoms with E-state index in [1.807, 2.05) is 19.1 Å². The van der Waals surface area contributed by atoms with Crippen molar-refractivity contribution in [1.29, 1.82) is 0 Å². The molecule has 1 unspecified atom stereocenters. The van der Waals surface area contributed by atoms with Gasteiger partial charge in [0.2, 0.25) is 5.88 Å². The molecule has 1 saturated carbocycles. The van der Waals surface area contributed by atoms with Crippen molar-refractivity contribution in [2.75, 3.05) is 33.9 Å². The van der Waals surface area contributed by atoms with Crippen molar-refractivity contribution in [1.82, 2.24) is 9.88 Å². The number of hydrogen-bond acceptors (Lipinski definition) is 6. The normalized spacial score (nSPS) is 20.8. The lowest BCUT2D eigenvalue weighted by atomic mass is 9.82. The molecule has 2 fully saturated rings. The van der Waals surface area contributed by atoms with E-state index in [2.05, 4.69) is 46.3 Å². The highest BCUT2D eigenvalue weighted by Crippen LogP contribution is 2.48. The number of benzene rings is 2. The summed E-state index contributed by atoms with van der Waals surface area (Å²) >= 11 is 0. The first-order valence-electron chi connectivity index (χ1n) is 15.4. The number of aliphatic carboxylic acids is 1. The first-order chi connectivity index (χ1) is 20.5. The fourth-order valence-corrected chi connectivity index (χ4v) is 7.02. The molecule has 6 rings (SSSR count). The van der Waals surface area contributed by atoms with E-state index in [-0.39, 0.29) is 18.1 Å². The molecule has 0 bridgehead atoms. The van der Waals surface area contributed by atoms with Gasteiger partial charge in [0.05, 0.1) is 25.7 Å². The number of likely N-dealkylation sites (tertiary alicyclic amines) is 1. The highest BCUT2D eigenvalue weighted by atomic mass is 16.5. The van der Waals surface area contributed by atoms with Crippen LogP contribution in [0.15, 0.2) is 54.7 Å². The van der Waals surface area contributed by atoms with E-state index < -0.39 is 11.9 Å². The van der Waals surface area contributed by atoms with Gasteiger partial charge >= 0.3 is 5.97 Å². The number of rotatable bonds is 11. The first-order valence-corrected chi connectivity index (χ1v) is 15.4. The highest BCUT2D eigenvalue weighted by molar-refractivity contribution is 5.71. The van der Waals surface area contributed by atoms with Gasteiger partial charge < -0.3 is 19.3 Å². The molecule has 0 spiro atoms. The molecule has 0 amide bonds. The summed E-state index contributed by atoms with van der Waals surface area (Å²) in [5.41, 5.74) is 6.90. The third kappa shape index (κ3) is 5.90. The second kappa shape index (κ2) is 12.4. The average molecular weight is 571 g/mol. The van der Waals surface area contributed by atoms with Crippen LogP contribution in [0.3, 0.4) is 0 Å². The van der Waals surface area contributed by atoms with Crippen LogP contribution in [-0.4, -0.2) is 54.9 Å². The van der Waals surface area contributed by atoms with Crippen LogP contribution >= 0.6 is 0 Å². The summed E-state index contributed by atoms with van der Waals surface area (Å²) in [5.74, 6) is 0.807. The number of carboxylic acids is 1. The largest absolute Gasteiger partial charge is 0.485 e. The number of ether oxygens (including phenoxy) is 3. The Morgan fingerprint density at radius 3 is 2.60 bits per heavy atom. The van der Waals surface area contributed by atoms with Crippen LogP contribution in [0.4, 0.5) is 0 Å². The zero-order valence-corrected chi connectivity index (χ0v) is 24.9. The van der Waals surface area contributed by atoms with E-state index in [9.17, 15) is 9.90 Å². The third-order valence-corrected chi connectivity index (χ3v) is 9.45. The molecule has 222 valence electrons. The predicted octanol–water partition coefficient (Wildman–Crippen LogP) is 6.82. The van der Waals surface area contributed by atoms with Gasteiger partial charge in [-0.05, 0) is 115 Å². The van der Waals surface area contributed by atoms with Crippen molar-refractivity contribution < 1.29 is 24.1 Å². The van der Waals surface area contributed by atoms with Crippen molar-refractivity contribution in [3.8, 4) is 22.8 Å². The molecule has 3 heterocycles. The summed E-state index contributed by atoms with van der Waals surface area (Å²) in [6, 6.07) is 17.3. The van der Waals surface area contributed by atoms with Gasteiger partial charge in [-0.2, -0.15) is 0 Å². The number of aryl methyl sites for hydroxylation is 1. The smallest absolute Gasteiger partial charge is 0.306 e. The van der Waals surface area contributed by atoms with Crippen molar-refractivity contribution in [2.45, 2.75) is 63.5 Å². The lowest BCUT2D eigenvalue weighted by Crippen LogP contribution is -2.29. The molecule has 7 heteroatoms. The van der Waals surface area contributed by atoms with Crippen molar-refractivity contribution >= 4 is 5.97 Å². The Kier molecular flexibility index (Phi) is 8.50. The van der Waals surface area contributed by atoms with Crippen LogP contribution in [0.5, 0.6) is 11.6 Å². The Hall–Kier alpha value is -3.42. The number of methoxy groups -OCH3 is 2. The number of fused-ring (bicyclic) bond motifs is 1. The summed E-state index contributed by atoms with van der Waals surface area (Å²) in [5, 5.41) is 9.79. The van der Waals surface area contributed by atoms with E-state index in [0.29, 0.717) is 18.4 Å². The highest BCUT2D eigenvalue weighted by Gasteiger charge is 2.39. The lowest BCUT2D eigenvalue weighted by molar-refractivity contribution is -0.142. The molecule has 0 radical (unpaired) electrons. The van der Waals surface area contributed by atoms with E-state index in [1.54, 1.807) is 20.4 Å². The quantitative estimate of drug-likeness (QED) is 0.271. The molecule has 7 nitrogen and oxygen atoms in total. The summed E-state index contributed by atoms with van der Waals surface area (Å²) in [6.45, 7) is 4.57. The number of pyridine rings is 1. The Balaban J connectivity index is 1.35. The van der Waals surface area contributed by atoms with Gasteiger partial charge in [-0.15, -0.1) is 0 Å². The number of aromatic nitrogens is 1. The van der Waals surface area contributed by atoms with Crippen LogP contribution in [0.1, 0.15) is 79.3 Å². The van der Waals surface area contributed by atoms with Gasteiger partial charge in [0, 0.05) is 19.4 Å². The van der Waals surface area contributed by atoms with E-state index >= 15 is 0 Å². The van der Waals surface area contributed by atoms with Crippen LogP contribution < -0.4 is 9.47 Å². The molecule has 42 heavy (non-hydrogen) atoms. The van der Waals surface area contributed by atoms with Crippen molar-refractivity contribution in [3.63, 3.8) is 0 Å². The van der Waals surface area contributed by atoms with Gasteiger partial charge in [0.1, 0.15) is 11.9 Å². The molecule has 2 aliphatic heterocycles. The SMILES string of the molecule is COCC(c1cc([C@H]2CCc3ccc([C@H](C4CC4)[C@H](C)C(=O)O)cc3O2)ccc1-c1ccnc(OC)c1)N1CCCC1. The monoisotopic (exact) mass is 570 g/mol. The van der Waals surface area contributed by atoms with E-state index in [4.69, 9.17) is 14.2 Å². The van der Waals surface area contributed by atoms with Gasteiger partial charge in [-0.1, -0.05) is 31.2 Å². The third-order valence-electron chi connectivity index (χ3n) is 9.45. The maximum atomic E-state index is 11.9. The number of hydrogen-bond donors (Lipinski definition) is 1. The molecule has 1 aromatic heterocycles. The van der Waals surface area contributed by atoms with Crippen LogP contribution in [-0.2, 0) is 16.0 Å². The molecule has 3 aromatic rings. The molecule has 2 aromatic carbocycles. The summed E-state index contributed by atoms with van der Waals surface area (Å²) in [6.07, 6.45) is 8.13. The van der Waals surface area contributed by atoms with E-state index in [0.717, 1.165) is 66.8 Å². The molecule has 3 aliphatic rings. The Morgan fingerprint density at radius 1 is 1.07 bits per heavy atom. The maximum Gasteiger partial charge on any atom is 0.306 e. The molecule has 4 atom stereocenters. The van der Waals surface area contributed by atoms with Crippen LogP contribution in [0.25, 0.3) is 11.1 Å².